The van der Waals surface area contributed by atoms with Crippen LogP contribution in [-0.2, 0) is 77.4 Å². The molecule has 4 heteroatoms. The van der Waals surface area contributed by atoms with Gasteiger partial charge in [-0.05, 0) is 0 Å². The Kier molecular flexibility index (Phi) is 7.65. The fourth-order valence-corrected chi connectivity index (χ4v) is 3.78. The molecule has 0 aliphatic heterocycles. The van der Waals surface area contributed by atoms with Gasteiger partial charge in [-0.25, -0.2) is 0 Å². The minimum absolute atomic E-state index is 1.55. The summed E-state index contributed by atoms with van der Waals surface area (Å²) in [5.41, 5.74) is 0. The van der Waals surface area contributed by atoms with Crippen LogP contribution in [0.1, 0.15) is 0 Å². The fraction of sp³-hybridized carbons (Fsp3) is 0. The second-order valence-electron chi connectivity index (χ2n) is 0.964. The van der Waals surface area contributed by atoms with Gasteiger partial charge in [0.2, 0.25) is 0 Å². The van der Waals surface area contributed by atoms with E-state index in [9.17, 15) is 0 Å². The Morgan fingerprint density at radius 3 is 1.25 bits per heavy atom. The maximum absolute atomic E-state index is 2.27. The molecule has 0 unspecified atom stereocenters. The first-order valence-electron chi connectivity index (χ1n) is 1.71. The summed E-state index contributed by atoms with van der Waals surface area (Å²) in [6, 6.07) is 0. The molecule has 0 amide bonds. The van der Waals surface area contributed by atoms with Gasteiger partial charge in [-0.1, -0.05) is 0 Å². The van der Waals surface area contributed by atoms with E-state index in [2.05, 4.69) is 8.80 Å². The van der Waals surface area contributed by atoms with Crippen molar-refractivity contribution in [2.45, 2.75) is 0 Å². The van der Waals surface area contributed by atoms with Gasteiger partial charge in [-0.2, -0.15) is 0 Å². The van der Waals surface area contributed by atoms with E-state index >= 15 is 0 Å². The zero-order valence-corrected chi connectivity index (χ0v) is 15.5. The standard InChI is InChI=1S/C4H2.4W/c1-3-4-2;;;;/h1-2H;;;;. The van der Waals surface area contributed by atoms with Crippen LogP contribution in [0.25, 0.3) is 0 Å². The summed E-state index contributed by atoms with van der Waals surface area (Å²) in [5.74, 6) is 0. The SMILES string of the molecule is [W]=[CH][C](=[W])[C](=[W])[CH]=[W]. The summed E-state index contributed by atoms with van der Waals surface area (Å²) in [5, 5.41) is 0. The molecule has 0 aromatic heterocycles. The topological polar surface area (TPSA) is 0 Å². The second kappa shape index (κ2) is 5.98. The average Bonchev–Trinajstić information content (AvgIpc) is 1.84. The predicted molar refractivity (Wildman–Crippen MR) is 22.1 cm³/mol. The summed E-state index contributed by atoms with van der Waals surface area (Å²) in [6.45, 7) is 0. The van der Waals surface area contributed by atoms with Crippen molar-refractivity contribution in [3.05, 3.63) is 0 Å². The molecule has 8 heavy (non-hydrogen) atoms. The molecule has 42 valence electrons. The summed E-state index contributed by atoms with van der Waals surface area (Å²) < 4.78 is 7.64. The molecule has 0 saturated carbocycles. The van der Waals surface area contributed by atoms with E-state index < -0.39 is 0 Å². The first kappa shape index (κ1) is 10.2. The third kappa shape index (κ3) is 4.11. The Balaban J connectivity index is 4.02. The molecule has 0 aliphatic carbocycles. The Labute approximate surface area is 92.4 Å². The zero-order chi connectivity index (χ0) is 6.57. The molecular formula is C4H2W4. The molecule has 0 bridgehead atoms. The van der Waals surface area contributed by atoms with E-state index in [4.69, 9.17) is 0 Å². The van der Waals surface area contributed by atoms with Crippen LogP contribution >= 0.6 is 0 Å². The number of hydrogen-bond donors (Lipinski definition) is 0. The molecule has 0 heterocycles. The Morgan fingerprint density at radius 2 is 1.12 bits per heavy atom. The van der Waals surface area contributed by atoms with Crippen molar-refractivity contribution in [3.63, 3.8) is 0 Å². The molecule has 0 N–H and O–H groups in total. The van der Waals surface area contributed by atoms with Crippen molar-refractivity contribution in [2.24, 2.45) is 0 Å². The fourth-order valence-electron chi connectivity index (χ4n) is 0.116. The van der Waals surface area contributed by atoms with Crippen LogP contribution in [-0.4, -0.2) is 16.6 Å². The summed E-state index contributed by atoms with van der Waals surface area (Å²) in [4.78, 5) is 0. The molecule has 0 rings (SSSR count). The van der Waals surface area contributed by atoms with E-state index in [0.717, 1.165) is 0 Å². The van der Waals surface area contributed by atoms with Crippen molar-refractivity contribution in [3.8, 4) is 0 Å². The monoisotopic (exact) mass is 786 g/mol. The van der Waals surface area contributed by atoms with E-state index in [1.165, 1.54) is 0 Å². The first-order chi connectivity index (χ1) is 3.72. The van der Waals surface area contributed by atoms with Gasteiger partial charge in [0.1, 0.15) is 0 Å². The molecule has 0 nitrogen and oxygen atoms in total. The molecular weight excluding hydrogens is 783 g/mol. The zero-order valence-electron chi connectivity index (χ0n) is 3.79. The van der Waals surface area contributed by atoms with Crippen LogP contribution in [0.2, 0.25) is 0 Å². The van der Waals surface area contributed by atoms with Crippen LogP contribution in [0.15, 0.2) is 0 Å². The quantitative estimate of drug-likeness (QED) is 0.350. The Morgan fingerprint density at radius 1 is 0.875 bits per heavy atom. The van der Waals surface area contributed by atoms with Crippen molar-refractivity contribution in [2.75, 3.05) is 0 Å². The normalized spacial score (nSPS) is 7.50. The number of hydrogen-bond acceptors (Lipinski definition) is 0. The van der Waals surface area contributed by atoms with Crippen LogP contribution in [0, 0.1) is 0 Å². The minimum atomic E-state index is 1.55. The molecule has 0 aromatic carbocycles. The third-order valence-electron chi connectivity index (χ3n) is 0.457. The average molecular weight is 785 g/mol. The molecule has 0 aliphatic rings. The molecule has 0 spiro atoms. The van der Waals surface area contributed by atoms with Crippen molar-refractivity contribution < 1.29 is 77.4 Å². The van der Waals surface area contributed by atoms with E-state index in [1.807, 2.05) is 0 Å². The molecule has 0 atom stereocenters. The van der Waals surface area contributed by atoms with Gasteiger partial charge in [0, 0.05) is 0 Å². The van der Waals surface area contributed by atoms with Gasteiger partial charge < -0.3 is 0 Å². The third-order valence-corrected chi connectivity index (χ3v) is 11.3. The van der Waals surface area contributed by atoms with Gasteiger partial charge in [0.05, 0.1) is 0 Å². The molecule has 0 aromatic rings. The van der Waals surface area contributed by atoms with E-state index in [0.29, 0.717) is 0 Å². The van der Waals surface area contributed by atoms with Gasteiger partial charge >= 0.3 is 94.0 Å². The van der Waals surface area contributed by atoms with Gasteiger partial charge in [-0.15, -0.1) is 0 Å². The van der Waals surface area contributed by atoms with Crippen molar-refractivity contribution in [1.29, 1.82) is 0 Å². The van der Waals surface area contributed by atoms with Gasteiger partial charge in [0.15, 0.2) is 0 Å². The molecule has 0 radical (unpaired) electrons. The molecule has 0 fully saturated rings. The summed E-state index contributed by atoms with van der Waals surface area (Å²) in [7, 11) is 0. The van der Waals surface area contributed by atoms with Crippen LogP contribution in [0.5, 0.6) is 0 Å². The van der Waals surface area contributed by atoms with Gasteiger partial charge in [0.25, 0.3) is 0 Å². The Hall–Kier alpha value is 2.23. The summed E-state index contributed by atoms with van der Waals surface area (Å²) in [6.07, 6.45) is 0. The number of rotatable bonds is 3. The van der Waals surface area contributed by atoms with Gasteiger partial charge in [-0.3, -0.25) is 0 Å². The second-order valence-corrected chi connectivity index (χ2v) is 5.82. The van der Waals surface area contributed by atoms with Crippen molar-refractivity contribution >= 4 is 16.6 Å². The van der Waals surface area contributed by atoms with E-state index in [-0.39, 0.29) is 0 Å². The van der Waals surface area contributed by atoms with Crippen LogP contribution in [0.3, 0.4) is 0 Å². The summed E-state index contributed by atoms with van der Waals surface area (Å²) >= 11 is 6.36. The first-order valence-corrected chi connectivity index (χ1v) is 8.03. The Bertz CT molecular complexity index is 128. The van der Waals surface area contributed by atoms with E-state index in [1.54, 1.807) is 85.2 Å². The van der Waals surface area contributed by atoms with Crippen LogP contribution in [0.4, 0.5) is 0 Å². The van der Waals surface area contributed by atoms with Crippen LogP contribution < -0.4 is 0 Å². The maximum atomic E-state index is 2.27. The predicted octanol–water partition coefficient (Wildman–Crippen LogP) is -0.877. The van der Waals surface area contributed by atoms with Crippen molar-refractivity contribution in [1.82, 2.24) is 0 Å². The molecule has 0 saturated heterocycles.